The van der Waals surface area contributed by atoms with Gasteiger partial charge in [0.05, 0.1) is 0 Å². The number of rotatable bonds is 0. The zero-order valence-corrected chi connectivity index (χ0v) is 9.81. The van der Waals surface area contributed by atoms with Crippen LogP contribution in [0.4, 0.5) is 0 Å². The van der Waals surface area contributed by atoms with Gasteiger partial charge in [-0.3, -0.25) is 0 Å². The van der Waals surface area contributed by atoms with Crippen LogP contribution in [0, 0.1) is 5.92 Å². The van der Waals surface area contributed by atoms with E-state index in [0.29, 0.717) is 0 Å². The minimum Gasteiger partial charge on any atom is -0.317 e. The molecule has 0 aromatic heterocycles. The summed E-state index contributed by atoms with van der Waals surface area (Å²) in [6, 6.07) is 0.786. The quantitative estimate of drug-likeness (QED) is 0.623. The third-order valence-electron chi connectivity index (χ3n) is 3.18. The molecule has 0 radical (unpaired) electrons. The molecule has 0 amide bonds. The molecular formula is C12H26N2. The van der Waals surface area contributed by atoms with Crippen LogP contribution in [0.15, 0.2) is 0 Å². The Morgan fingerprint density at radius 3 is 1.86 bits per heavy atom. The topological polar surface area (TPSA) is 24.1 Å². The normalized spacial score (nSPS) is 29.1. The van der Waals surface area contributed by atoms with Crippen molar-refractivity contribution in [1.82, 2.24) is 10.6 Å². The van der Waals surface area contributed by atoms with Gasteiger partial charge in [0, 0.05) is 6.04 Å². The van der Waals surface area contributed by atoms with Gasteiger partial charge >= 0.3 is 0 Å². The summed E-state index contributed by atoms with van der Waals surface area (Å²) < 4.78 is 0. The molecule has 84 valence electrons. The Morgan fingerprint density at radius 1 is 0.857 bits per heavy atom. The molecule has 2 saturated heterocycles. The molecule has 2 heteroatoms. The first kappa shape index (κ1) is 12.0. The molecule has 2 aliphatic heterocycles. The SMILES string of the molecule is CC1CCCCN1.CC1CCNCC1. The van der Waals surface area contributed by atoms with Gasteiger partial charge in [-0.2, -0.15) is 0 Å². The minimum absolute atomic E-state index is 0.786. The van der Waals surface area contributed by atoms with E-state index in [-0.39, 0.29) is 0 Å². The maximum Gasteiger partial charge on any atom is 0.00387 e. The highest BCUT2D eigenvalue weighted by Gasteiger charge is 2.05. The summed E-state index contributed by atoms with van der Waals surface area (Å²) in [5.74, 6) is 0.973. The fourth-order valence-electron chi connectivity index (χ4n) is 1.99. The van der Waals surface area contributed by atoms with Crippen molar-refractivity contribution in [2.24, 2.45) is 5.92 Å². The Morgan fingerprint density at radius 2 is 1.57 bits per heavy atom. The van der Waals surface area contributed by atoms with Crippen molar-refractivity contribution in [3.63, 3.8) is 0 Å². The predicted molar refractivity (Wildman–Crippen MR) is 62.6 cm³/mol. The summed E-state index contributed by atoms with van der Waals surface area (Å²) in [5, 5.41) is 6.70. The average Bonchev–Trinajstić information content (AvgIpc) is 2.21. The summed E-state index contributed by atoms with van der Waals surface area (Å²) in [6.45, 7) is 8.28. The van der Waals surface area contributed by atoms with Gasteiger partial charge in [-0.05, 0) is 58.2 Å². The molecule has 14 heavy (non-hydrogen) atoms. The van der Waals surface area contributed by atoms with Crippen LogP contribution in [0.3, 0.4) is 0 Å². The average molecular weight is 198 g/mol. The van der Waals surface area contributed by atoms with Crippen LogP contribution < -0.4 is 10.6 Å². The highest BCUT2D eigenvalue weighted by Crippen LogP contribution is 2.08. The molecule has 2 aliphatic rings. The monoisotopic (exact) mass is 198 g/mol. The third kappa shape index (κ3) is 5.61. The van der Waals surface area contributed by atoms with E-state index >= 15 is 0 Å². The largest absolute Gasteiger partial charge is 0.317 e. The number of nitrogens with one attached hydrogen (secondary N) is 2. The fourth-order valence-corrected chi connectivity index (χ4v) is 1.99. The van der Waals surface area contributed by atoms with Gasteiger partial charge in [0.1, 0.15) is 0 Å². The van der Waals surface area contributed by atoms with E-state index in [1.165, 1.54) is 51.7 Å². The molecule has 2 rings (SSSR count). The van der Waals surface area contributed by atoms with E-state index in [9.17, 15) is 0 Å². The molecule has 0 bridgehead atoms. The molecule has 0 spiro atoms. The molecule has 2 nitrogen and oxygen atoms in total. The van der Waals surface area contributed by atoms with Crippen LogP contribution >= 0.6 is 0 Å². The maximum atomic E-state index is 3.38. The molecule has 0 aliphatic carbocycles. The maximum absolute atomic E-state index is 3.38. The summed E-state index contributed by atoms with van der Waals surface area (Å²) in [4.78, 5) is 0. The number of hydrogen-bond donors (Lipinski definition) is 2. The van der Waals surface area contributed by atoms with Crippen LogP contribution in [0.25, 0.3) is 0 Å². The van der Waals surface area contributed by atoms with Crippen molar-refractivity contribution in [2.75, 3.05) is 19.6 Å². The Hall–Kier alpha value is -0.0800. The Labute approximate surface area is 88.8 Å². The molecule has 0 aromatic carbocycles. The van der Waals surface area contributed by atoms with Gasteiger partial charge in [-0.1, -0.05) is 13.3 Å². The van der Waals surface area contributed by atoms with Crippen LogP contribution in [-0.4, -0.2) is 25.7 Å². The van der Waals surface area contributed by atoms with Crippen LogP contribution in [0.2, 0.25) is 0 Å². The smallest absolute Gasteiger partial charge is 0.00387 e. The number of hydrogen-bond acceptors (Lipinski definition) is 2. The molecule has 2 heterocycles. The minimum atomic E-state index is 0.786. The highest BCUT2D eigenvalue weighted by molar-refractivity contribution is 4.65. The van der Waals surface area contributed by atoms with E-state index in [0.717, 1.165) is 12.0 Å². The van der Waals surface area contributed by atoms with Crippen LogP contribution in [0.1, 0.15) is 46.0 Å². The molecule has 1 unspecified atom stereocenters. The van der Waals surface area contributed by atoms with E-state index in [1.807, 2.05) is 0 Å². The lowest BCUT2D eigenvalue weighted by molar-refractivity contribution is 0.402. The lowest BCUT2D eigenvalue weighted by atomic mass is 10.0. The summed E-state index contributed by atoms with van der Waals surface area (Å²) in [5.41, 5.74) is 0. The third-order valence-corrected chi connectivity index (χ3v) is 3.18. The van der Waals surface area contributed by atoms with Crippen molar-refractivity contribution >= 4 is 0 Å². The first-order valence-electron chi connectivity index (χ1n) is 6.23. The van der Waals surface area contributed by atoms with Gasteiger partial charge in [-0.15, -0.1) is 0 Å². The molecule has 0 aromatic rings. The Bertz CT molecular complexity index is 108. The van der Waals surface area contributed by atoms with Crippen molar-refractivity contribution in [3.05, 3.63) is 0 Å². The molecule has 1 atom stereocenters. The standard InChI is InChI=1S/2C6H13N/c1-6-2-4-7-5-3-6;1-6-4-2-3-5-7-6/h2*6-7H,2-5H2,1H3. The van der Waals surface area contributed by atoms with E-state index in [2.05, 4.69) is 24.5 Å². The van der Waals surface area contributed by atoms with E-state index in [1.54, 1.807) is 0 Å². The summed E-state index contributed by atoms with van der Waals surface area (Å²) in [6.07, 6.45) is 6.93. The Kier molecular flexibility index (Phi) is 6.20. The second-order valence-electron chi connectivity index (χ2n) is 4.78. The highest BCUT2D eigenvalue weighted by atomic mass is 14.9. The molecule has 2 N–H and O–H groups in total. The Balaban J connectivity index is 0.000000140. The lowest BCUT2D eigenvalue weighted by Gasteiger charge is -2.18. The van der Waals surface area contributed by atoms with Gasteiger partial charge in [0.2, 0.25) is 0 Å². The second kappa shape index (κ2) is 7.24. The van der Waals surface area contributed by atoms with Crippen molar-refractivity contribution in [1.29, 1.82) is 0 Å². The first-order chi connectivity index (χ1) is 6.79. The van der Waals surface area contributed by atoms with E-state index < -0.39 is 0 Å². The predicted octanol–water partition coefficient (Wildman–Crippen LogP) is 2.15. The van der Waals surface area contributed by atoms with Gasteiger partial charge in [0.25, 0.3) is 0 Å². The summed E-state index contributed by atoms with van der Waals surface area (Å²) >= 11 is 0. The zero-order chi connectivity index (χ0) is 10.2. The van der Waals surface area contributed by atoms with Crippen molar-refractivity contribution in [2.45, 2.75) is 52.0 Å². The van der Waals surface area contributed by atoms with Gasteiger partial charge in [0.15, 0.2) is 0 Å². The zero-order valence-electron chi connectivity index (χ0n) is 9.81. The lowest BCUT2D eigenvalue weighted by Crippen LogP contribution is -2.30. The number of piperidine rings is 2. The molecule has 2 fully saturated rings. The van der Waals surface area contributed by atoms with Gasteiger partial charge < -0.3 is 10.6 Å². The van der Waals surface area contributed by atoms with Crippen molar-refractivity contribution < 1.29 is 0 Å². The van der Waals surface area contributed by atoms with Gasteiger partial charge in [-0.25, -0.2) is 0 Å². The molecule has 0 saturated carbocycles. The molecular weight excluding hydrogens is 172 g/mol. The second-order valence-corrected chi connectivity index (χ2v) is 4.78. The van der Waals surface area contributed by atoms with Crippen LogP contribution in [-0.2, 0) is 0 Å². The van der Waals surface area contributed by atoms with Crippen molar-refractivity contribution in [3.8, 4) is 0 Å². The van der Waals surface area contributed by atoms with E-state index in [4.69, 9.17) is 0 Å². The first-order valence-corrected chi connectivity index (χ1v) is 6.23. The van der Waals surface area contributed by atoms with Crippen LogP contribution in [0.5, 0.6) is 0 Å². The summed E-state index contributed by atoms with van der Waals surface area (Å²) in [7, 11) is 0. The fraction of sp³-hybridized carbons (Fsp3) is 1.00.